The summed E-state index contributed by atoms with van der Waals surface area (Å²) in [6.07, 6.45) is 5.24. The fraction of sp³-hybridized carbons (Fsp3) is 0.389. The minimum Gasteiger partial charge on any atom is -0.382 e. The van der Waals surface area contributed by atoms with Crippen molar-refractivity contribution in [2.24, 2.45) is 5.92 Å². The zero-order valence-corrected chi connectivity index (χ0v) is 13.7. The van der Waals surface area contributed by atoms with Gasteiger partial charge in [0, 0.05) is 32.0 Å². The van der Waals surface area contributed by atoms with Gasteiger partial charge in [-0.3, -0.25) is 9.69 Å². The van der Waals surface area contributed by atoms with Crippen molar-refractivity contribution in [3.63, 3.8) is 0 Å². The van der Waals surface area contributed by atoms with E-state index in [9.17, 15) is 4.79 Å². The highest BCUT2D eigenvalue weighted by atomic mass is 16.1. The Morgan fingerprint density at radius 1 is 1.25 bits per heavy atom. The SMILES string of the molecule is Nc1nccnc1C(=O)NC[C@H]1CCCN(Cc2ccccc2)C1. The number of rotatable bonds is 5. The number of nitrogens with two attached hydrogens (primary N) is 1. The summed E-state index contributed by atoms with van der Waals surface area (Å²) >= 11 is 0. The van der Waals surface area contributed by atoms with Crippen LogP contribution in [0.15, 0.2) is 42.7 Å². The minimum atomic E-state index is -0.249. The molecule has 1 aliphatic rings. The van der Waals surface area contributed by atoms with E-state index in [2.05, 4.69) is 44.5 Å². The van der Waals surface area contributed by atoms with Gasteiger partial charge in [0.25, 0.3) is 5.91 Å². The van der Waals surface area contributed by atoms with Crippen LogP contribution in [0.25, 0.3) is 0 Å². The third-order valence-electron chi connectivity index (χ3n) is 4.35. The molecule has 0 unspecified atom stereocenters. The summed E-state index contributed by atoms with van der Waals surface area (Å²) in [6.45, 7) is 3.70. The molecule has 0 aliphatic carbocycles. The van der Waals surface area contributed by atoms with Gasteiger partial charge < -0.3 is 11.1 Å². The van der Waals surface area contributed by atoms with Crippen LogP contribution in [0.1, 0.15) is 28.9 Å². The molecule has 3 rings (SSSR count). The van der Waals surface area contributed by atoms with Gasteiger partial charge in [0.1, 0.15) is 0 Å². The Hall–Kier alpha value is -2.47. The van der Waals surface area contributed by atoms with Crippen molar-refractivity contribution in [2.75, 3.05) is 25.4 Å². The fourth-order valence-corrected chi connectivity index (χ4v) is 3.15. The smallest absolute Gasteiger partial charge is 0.273 e. The lowest BCUT2D eigenvalue weighted by Crippen LogP contribution is -2.40. The van der Waals surface area contributed by atoms with Crippen LogP contribution in [-0.4, -0.2) is 40.4 Å². The first-order valence-corrected chi connectivity index (χ1v) is 8.33. The van der Waals surface area contributed by atoms with E-state index in [1.54, 1.807) is 0 Å². The number of benzene rings is 1. The summed E-state index contributed by atoms with van der Waals surface area (Å²) < 4.78 is 0. The molecule has 6 nitrogen and oxygen atoms in total. The number of anilines is 1. The predicted octanol–water partition coefficient (Wildman–Crippen LogP) is 1.70. The minimum absolute atomic E-state index is 0.171. The molecule has 1 saturated heterocycles. The van der Waals surface area contributed by atoms with Crippen LogP contribution < -0.4 is 11.1 Å². The van der Waals surface area contributed by atoms with Gasteiger partial charge in [-0.05, 0) is 30.9 Å². The molecule has 1 fully saturated rings. The maximum Gasteiger partial charge on any atom is 0.273 e. The molecule has 0 saturated carbocycles. The second kappa shape index (κ2) is 7.88. The van der Waals surface area contributed by atoms with Gasteiger partial charge in [-0.2, -0.15) is 0 Å². The Morgan fingerprint density at radius 3 is 2.83 bits per heavy atom. The zero-order chi connectivity index (χ0) is 16.8. The maximum absolute atomic E-state index is 12.2. The lowest BCUT2D eigenvalue weighted by molar-refractivity contribution is 0.0926. The number of nitrogens with zero attached hydrogens (tertiary/aromatic N) is 3. The van der Waals surface area contributed by atoms with Gasteiger partial charge in [0.05, 0.1) is 0 Å². The molecule has 6 heteroatoms. The number of aromatic nitrogens is 2. The molecule has 0 spiro atoms. The number of hydrogen-bond acceptors (Lipinski definition) is 5. The van der Waals surface area contributed by atoms with Crippen LogP contribution in [0.5, 0.6) is 0 Å². The predicted molar refractivity (Wildman–Crippen MR) is 93.2 cm³/mol. The fourth-order valence-electron chi connectivity index (χ4n) is 3.15. The molecule has 2 heterocycles. The molecule has 1 amide bonds. The molecular weight excluding hydrogens is 302 g/mol. The van der Waals surface area contributed by atoms with E-state index < -0.39 is 0 Å². The summed E-state index contributed by atoms with van der Waals surface area (Å²) in [5.41, 5.74) is 7.23. The van der Waals surface area contributed by atoms with Crippen LogP contribution in [0, 0.1) is 5.92 Å². The van der Waals surface area contributed by atoms with Gasteiger partial charge in [-0.1, -0.05) is 30.3 Å². The number of carbonyl (C=O) groups excluding carboxylic acids is 1. The molecule has 24 heavy (non-hydrogen) atoms. The van der Waals surface area contributed by atoms with Gasteiger partial charge in [0.2, 0.25) is 0 Å². The standard InChI is InChI=1S/C18H23N5O/c19-17-16(20-8-9-21-17)18(24)22-11-15-7-4-10-23(13-15)12-14-5-2-1-3-6-14/h1-3,5-6,8-9,15H,4,7,10-13H2,(H2,19,21)(H,22,24)/t15-/m1/s1. The van der Waals surface area contributed by atoms with Gasteiger partial charge >= 0.3 is 0 Å². The number of piperidine rings is 1. The van der Waals surface area contributed by atoms with Crippen LogP contribution in [0.3, 0.4) is 0 Å². The molecule has 126 valence electrons. The van der Waals surface area contributed by atoms with E-state index in [0.717, 1.165) is 32.5 Å². The first-order chi connectivity index (χ1) is 11.7. The highest BCUT2D eigenvalue weighted by molar-refractivity contribution is 5.96. The Morgan fingerprint density at radius 2 is 2.04 bits per heavy atom. The first-order valence-electron chi connectivity index (χ1n) is 8.33. The Bertz CT molecular complexity index is 676. The number of nitrogen functional groups attached to an aromatic ring is 1. The van der Waals surface area contributed by atoms with Crippen molar-refractivity contribution >= 4 is 11.7 Å². The molecule has 2 aromatic rings. The number of likely N-dealkylation sites (tertiary alicyclic amines) is 1. The lowest BCUT2D eigenvalue weighted by Gasteiger charge is -2.32. The Balaban J connectivity index is 1.50. The van der Waals surface area contributed by atoms with E-state index in [-0.39, 0.29) is 17.4 Å². The molecule has 0 bridgehead atoms. The normalized spacial score (nSPS) is 18.2. The highest BCUT2D eigenvalue weighted by Crippen LogP contribution is 2.18. The second-order valence-corrected chi connectivity index (χ2v) is 6.23. The lowest BCUT2D eigenvalue weighted by atomic mass is 9.97. The monoisotopic (exact) mass is 325 g/mol. The highest BCUT2D eigenvalue weighted by Gasteiger charge is 2.21. The van der Waals surface area contributed by atoms with Crippen molar-refractivity contribution < 1.29 is 4.79 Å². The van der Waals surface area contributed by atoms with Crippen molar-refractivity contribution in [3.8, 4) is 0 Å². The second-order valence-electron chi connectivity index (χ2n) is 6.23. The van der Waals surface area contributed by atoms with Gasteiger partial charge in [0.15, 0.2) is 11.5 Å². The van der Waals surface area contributed by atoms with E-state index >= 15 is 0 Å². The largest absolute Gasteiger partial charge is 0.382 e. The molecule has 3 N–H and O–H groups in total. The summed E-state index contributed by atoms with van der Waals surface area (Å²) in [4.78, 5) is 22.5. The van der Waals surface area contributed by atoms with Crippen molar-refractivity contribution in [2.45, 2.75) is 19.4 Å². The summed E-state index contributed by atoms with van der Waals surface area (Å²) in [5.74, 6) is 0.370. The van der Waals surface area contributed by atoms with Gasteiger partial charge in [-0.15, -0.1) is 0 Å². The first kappa shape index (κ1) is 16.4. The Kier molecular flexibility index (Phi) is 5.38. The summed E-state index contributed by atoms with van der Waals surface area (Å²) in [7, 11) is 0. The van der Waals surface area contributed by atoms with Crippen LogP contribution in [0.4, 0.5) is 5.82 Å². The molecule has 1 aromatic heterocycles. The van der Waals surface area contributed by atoms with Gasteiger partial charge in [-0.25, -0.2) is 9.97 Å². The van der Waals surface area contributed by atoms with Crippen LogP contribution in [0.2, 0.25) is 0 Å². The van der Waals surface area contributed by atoms with E-state index in [1.807, 2.05) is 6.07 Å². The van der Waals surface area contributed by atoms with Crippen molar-refractivity contribution in [3.05, 3.63) is 54.0 Å². The average Bonchev–Trinajstić information content (AvgIpc) is 2.61. The summed E-state index contributed by atoms with van der Waals surface area (Å²) in [6, 6.07) is 10.5. The van der Waals surface area contributed by atoms with Crippen LogP contribution >= 0.6 is 0 Å². The number of nitrogens with one attached hydrogen (secondary N) is 1. The maximum atomic E-state index is 12.2. The number of carbonyl (C=O) groups is 1. The topological polar surface area (TPSA) is 84.1 Å². The van der Waals surface area contributed by atoms with Crippen LogP contribution in [-0.2, 0) is 6.54 Å². The van der Waals surface area contributed by atoms with E-state index in [1.165, 1.54) is 18.0 Å². The molecule has 0 radical (unpaired) electrons. The Labute approximate surface area is 142 Å². The summed E-state index contributed by atoms with van der Waals surface area (Å²) in [5, 5.41) is 2.95. The van der Waals surface area contributed by atoms with E-state index in [4.69, 9.17) is 5.73 Å². The molecular formula is C18H23N5O. The van der Waals surface area contributed by atoms with Crippen molar-refractivity contribution in [1.29, 1.82) is 0 Å². The quantitative estimate of drug-likeness (QED) is 0.874. The molecule has 1 aliphatic heterocycles. The number of hydrogen-bond donors (Lipinski definition) is 2. The number of amides is 1. The third-order valence-corrected chi connectivity index (χ3v) is 4.35. The van der Waals surface area contributed by atoms with E-state index in [0.29, 0.717) is 12.5 Å². The molecule has 1 atom stereocenters. The zero-order valence-electron chi connectivity index (χ0n) is 13.7. The average molecular weight is 325 g/mol. The van der Waals surface area contributed by atoms with Crippen molar-refractivity contribution in [1.82, 2.24) is 20.2 Å². The molecule has 1 aromatic carbocycles. The third kappa shape index (κ3) is 4.29.